The standard InChI is InChI=1S/C16H11F3N2O2/c1-23-14-3-2-9(4-11(14)17)7-15(22)21-16-12(18)5-10(8-20)6-13(16)19/h2-6H,7H2,1H3,(H,21,22). The maximum absolute atomic E-state index is 13.7. The molecule has 0 aromatic heterocycles. The maximum atomic E-state index is 13.7. The SMILES string of the molecule is COc1ccc(CC(=O)Nc2c(F)cc(C#N)cc2F)cc1F. The second kappa shape index (κ2) is 6.83. The van der Waals surface area contributed by atoms with Crippen molar-refractivity contribution in [3.05, 3.63) is 58.9 Å². The molecule has 0 fully saturated rings. The van der Waals surface area contributed by atoms with E-state index in [9.17, 15) is 18.0 Å². The number of carbonyl (C=O) groups excluding carboxylic acids is 1. The maximum Gasteiger partial charge on any atom is 0.228 e. The first-order valence-corrected chi connectivity index (χ1v) is 6.46. The van der Waals surface area contributed by atoms with Crippen LogP contribution in [0.3, 0.4) is 0 Å². The Bertz CT molecular complexity index is 777. The molecule has 0 aliphatic carbocycles. The molecule has 0 saturated heterocycles. The normalized spacial score (nSPS) is 10.0. The van der Waals surface area contributed by atoms with Crippen molar-refractivity contribution >= 4 is 11.6 Å². The summed E-state index contributed by atoms with van der Waals surface area (Å²) in [5.74, 6) is -3.46. The van der Waals surface area contributed by atoms with Gasteiger partial charge in [-0.25, -0.2) is 13.2 Å². The summed E-state index contributed by atoms with van der Waals surface area (Å²) in [5.41, 5.74) is -0.534. The van der Waals surface area contributed by atoms with Crippen molar-refractivity contribution in [3.63, 3.8) is 0 Å². The first kappa shape index (κ1) is 16.4. The molecule has 2 aromatic rings. The molecule has 0 bridgehead atoms. The van der Waals surface area contributed by atoms with Gasteiger partial charge in [-0.2, -0.15) is 5.26 Å². The molecule has 7 heteroatoms. The number of nitrogens with zero attached hydrogens (tertiary/aromatic N) is 1. The lowest BCUT2D eigenvalue weighted by Gasteiger charge is -2.09. The van der Waals surface area contributed by atoms with E-state index in [1.807, 2.05) is 0 Å². The highest BCUT2D eigenvalue weighted by atomic mass is 19.1. The Morgan fingerprint density at radius 2 is 1.83 bits per heavy atom. The van der Waals surface area contributed by atoms with E-state index in [-0.39, 0.29) is 17.7 Å². The lowest BCUT2D eigenvalue weighted by molar-refractivity contribution is -0.115. The van der Waals surface area contributed by atoms with Crippen LogP contribution in [0, 0.1) is 28.8 Å². The van der Waals surface area contributed by atoms with Gasteiger partial charge < -0.3 is 10.1 Å². The fourth-order valence-corrected chi connectivity index (χ4v) is 1.95. The molecule has 0 unspecified atom stereocenters. The Morgan fingerprint density at radius 3 is 2.35 bits per heavy atom. The minimum Gasteiger partial charge on any atom is -0.494 e. The van der Waals surface area contributed by atoms with Crippen molar-refractivity contribution < 1.29 is 22.7 Å². The number of hydrogen-bond acceptors (Lipinski definition) is 3. The van der Waals surface area contributed by atoms with Gasteiger partial charge in [-0.3, -0.25) is 4.79 Å². The molecular formula is C16H11F3N2O2. The molecule has 4 nitrogen and oxygen atoms in total. The van der Waals surface area contributed by atoms with E-state index in [1.165, 1.54) is 19.2 Å². The highest BCUT2D eigenvalue weighted by molar-refractivity contribution is 5.92. The third kappa shape index (κ3) is 3.80. The fourth-order valence-electron chi connectivity index (χ4n) is 1.95. The molecule has 0 saturated carbocycles. The quantitative estimate of drug-likeness (QED) is 0.941. The average molecular weight is 320 g/mol. The number of carbonyl (C=O) groups is 1. The number of halogens is 3. The number of nitrogens with one attached hydrogen (secondary N) is 1. The van der Waals surface area contributed by atoms with E-state index in [1.54, 1.807) is 6.07 Å². The van der Waals surface area contributed by atoms with Crippen LogP contribution in [0.25, 0.3) is 0 Å². The average Bonchev–Trinajstić information content (AvgIpc) is 2.50. The third-order valence-electron chi connectivity index (χ3n) is 3.02. The van der Waals surface area contributed by atoms with Crippen molar-refractivity contribution in [2.75, 3.05) is 12.4 Å². The molecule has 23 heavy (non-hydrogen) atoms. The van der Waals surface area contributed by atoms with Crippen LogP contribution in [0.4, 0.5) is 18.9 Å². The second-order valence-electron chi connectivity index (χ2n) is 4.62. The van der Waals surface area contributed by atoms with E-state index in [0.29, 0.717) is 5.56 Å². The largest absolute Gasteiger partial charge is 0.494 e. The van der Waals surface area contributed by atoms with Gasteiger partial charge in [0.1, 0.15) is 5.69 Å². The van der Waals surface area contributed by atoms with Gasteiger partial charge in [0.25, 0.3) is 0 Å². The van der Waals surface area contributed by atoms with Gasteiger partial charge in [0.2, 0.25) is 5.91 Å². The van der Waals surface area contributed by atoms with Gasteiger partial charge in [-0.05, 0) is 29.8 Å². The van der Waals surface area contributed by atoms with Crippen molar-refractivity contribution in [1.29, 1.82) is 5.26 Å². The smallest absolute Gasteiger partial charge is 0.228 e. The molecule has 118 valence electrons. The summed E-state index contributed by atoms with van der Waals surface area (Å²) in [6, 6.07) is 7.14. The molecule has 0 atom stereocenters. The molecule has 0 aliphatic rings. The second-order valence-corrected chi connectivity index (χ2v) is 4.62. The van der Waals surface area contributed by atoms with Gasteiger partial charge in [0.15, 0.2) is 23.2 Å². The van der Waals surface area contributed by atoms with Crippen molar-refractivity contribution in [3.8, 4) is 11.8 Å². The number of benzene rings is 2. The fraction of sp³-hybridized carbons (Fsp3) is 0.125. The van der Waals surface area contributed by atoms with Crippen LogP contribution < -0.4 is 10.1 Å². The van der Waals surface area contributed by atoms with E-state index in [2.05, 4.69) is 5.32 Å². The highest BCUT2D eigenvalue weighted by Crippen LogP contribution is 2.22. The Hall–Kier alpha value is -3.01. The van der Waals surface area contributed by atoms with Crippen molar-refractivity contribution in [2.24, 2.45) is 0 Å². The van der Waals surface area contributed by atoms with Crippen LogP contribution in [0.1, 0.15) is 11.1 Å². The molecule has 0 radical (unpaired) electrons. The minimum absolute atomic E-state index is 0.0262. The number of hydrogen-bond donors (Lipinski definition) is 1. The Morgan fingerprint density at radius 1 is 1.17 bits per heavy atom. The van der Waals surface area contributed by atoms with E-state index < -0.39 is 29.0 Å². The first-order valence-electron chi connectivity index (χ1n) is 6.46. The molecule has 0 aliphatic heterocycles. The van der Waals surface area contributed by atoms with E-state index >= 15 is 0 Å². The molecular weight excluding hydrogens is 309 g/mol. The summed E-state index contributed by atoms with van der Waals surface area (Å²) < 4.78 is 45.6. The van der Waals surface area contributed by atoms with Gasteiger partial charge >= 0.3 is 0 Å². The van der Waals surface area contributed by atoms with Crippen LogP contribution in [0.15, 0.2) is 30.3 Å². The topological polar surface area (TPSA) is 62.1 Å². The minimum atomic E-state index is -1.06. The monoisotopic (exact) mass is 320 g/mol. The lowest BCUT2D eigenvalue weighted by atomic mass is 10.1. The molecule has 0 spiro atoms. The number of methoxy groups -OCH3 is 1. The Labute approximate surface area is 130 Å². The number of nitriles is 1. The summed E-state index contributed by atoms with van der Waals surface area (Å²) >= 11 is 0. The molecule has 0 heterocycles. The molecule has 2 rings (SSSR count). The van der Waals surface area contributed by atoms with Gasteiger partial charge in [-0.15, -0.1) is 0 Å². The first-order chi connectivity index (χ1) is 10.9. The summed E-state index contributed by atoms with van der Waals surface area (Å²) in [5, 5.41) is 10.7. The summed E-state index contributed by atoms with van der Waals surface area (Å²) in [4.78, 5) is 11.8. The summed E-state index contributed by atoms with van der Waals surface area (Å²) in [6.45, 7) is 0. The van der Waals surface area contributed by atoms with Gasteiger partial charge in [0, 0.05) is 0 Å². The van der Waals surface area contributed by atoms with Crippen LogP contribution in [0.5, 0.6) is 5.75 Å². The van der Waals surface area contributed by atoms with Crippen LogP contribution in [0.2, 0.25) is 0 Å². The van der Waals surface area contributed by atoms with Crippen molar-refractivity contribution in [1.82, 2.24) is 0 Å². The van der Waals surface area contributed by atoms with Crippen molar-refractivity contribution in [2.45, 2.75) is 6.42 Å². The summed E-state index contributed by atoms with van der Waals surface area (Å²) in [7, 11) is 1.31. The van der Waals surface area contributed by atoms with Gasteiger partial charge in [-0.1, -0.05) is 6.07 Å². The predicted molar refractivity (Wildman–Crippen MR) is 76.4 cm³/mol. The third-order valence-corrected chi connectivity index (χ3v) is 3.02. The predicted octanol–water partition coefficient (Wildman–Crippen LogP) is 3.17. The van der Waals surface area contributed by atoms with Crippen LogP contribution >= 0.6 is 0 Å². The van der Waals surface area contributed by atoms with Crippen LogP contribution in [-0.2, 0) is 11.2 Å². The number of rotatable bonds is 4. The molecule has 1 N–H and O–H groups in total. The number of amides is 1. The number of anilines is 1. The van der Waals surface area contributed by atoms with E-state index in [4.69, 9.17) is 10.00 Å². The summed E-state index contributed by atoms with van der Waals surface area (Å²) in [6.07, 6.45) is -0.278. The van der Waals surface area contributed by atoms with Crippen LogP contribution in [-0.4, -0.2) is 13.0 Å². The zero-order valence-corrected chi connectivity index (χ0v) is 12.0. The Kier molecular flexibility index (Phi) is 4.86. The number of ether oxygens (including phenoxy) is 1. The zero-order valence-electron chi connectivity index (χ0n) is 12.0. The molecule has 1 amide bonds. The van der Waals surface area contributed by atoms with E-state index in [0.717, 1.165) is 18.2 Å². The zero-order chi connectivity index (χ0) is 17.0. The van der Waals surface area contributed by atoms with Gasteiger partial charge in [0.05, 0.1) is 25.2 Å². The molecule has 2 aromatic carbocycles. The lowest BCUT2D eigenvalue weighted by Crippen LogP contribution is -2.16. The highest BCUT2D eigenvalue weighted by Gasteiger charge is 2.15. The Balaban J connectivity index is 2.14.